The van der Waals surface area contributed by atoms with Gasteiger partial charge < -0.3 is 0 Å². The molecule has 0 N–H and O–H groups in total. The van der Waals surface area contributed by atoms with Gasteiger partial charge in [-0.2, -0.15) is 0 Å². The van der Waals surface area contributed by atoms with E-state index in [-0.39, 0.29) is 0 Å². The van der Waals surface area contributed by atoms with Gasteiger partial charge in [-0.15, -0.1) is 0 Å². The Kier molecular flexibility index (Phi) is 31.0. The SMILES string of the molecule is C=Cc1c(C)ccc(C)c1C=C.CC.CC.CC.CC. The van der Waals surface area contributed by atoms with E-state index in [2.05, 4.69) is 39.1 Å². The van der Waals surface area contributed by atoms with Gasteiger partial charge in [-0.25, -0.2) is 0 Å². The number of rotatable bonds is 2. The lowest BCUT2D eigenvalue weighted by molar-refractivity contribution is 1.36. The maximum absolute atomic E-state index is 3.79. The standard InChI is InChI=1S/C12H14.4C2H6/c1-5-11-9(3)7-8-10(4)12(11)6-2;4*1-2/h5-8H,1-2H2,3-4H3;4*1-2H3. The van der Waals surface area contributed by atoms with Gasteiger partial charge in [0.05, 0.1) is 0 Å². The normalized spacial score (nSPS) is 6.90. The Bertz CT molecular complexity index is 286. The molecular formula is C20H38. The molecule has 0 saturated carbocycles. The van der Waals surface area contributed by atoms with E-state index in [4.69, 9.17) is 0 Å². The number of aryl methyl sites for hydroxylation is 2. The van der Waals surface area contributed by atoms with Crippen LogP contribution < -0.4 is 0 Å². The molecule has 1 rings (SSSR count). The first-order valence-corrected chi connectivity index (χ1v) is 8.05. The molecule has 0 heteroatoms. The van der Waals surface area contributed by atoms with Crippen LogP contribution in [0.1, 0.15) is 77.6 Å². The highest BCUT2D eigenvalue weighted by Crippen LogP contribution is 2.20. The lowest BCUT2D eigenvalue weighted by Crippen LogP contribution is -1.89. The van der Waals surface area contributed by atoms with Crippen molar-refractivity contribution in [2.75, 3.05) is 0 Å². The summed E-state index contributed by atoms with van der Waals surface area (Å²) in [5.41, 5.74) is 4.91. The Morgan fingerprint density at radius 3 is 0.950 bits per heavy atom. The molecule has 0 aliphatic rings. The first-order chi connectivity index (χ1) is 9.70. The molecule has 0 spiro atoms. The quantitative estimate of drug-likeness (QED) is 0.520. The Morgan fingerprint density at radius 2 is 0.800 bits per heavy atom. The molecule has 0 nitrogen and oxygen atoms in total. The highest BCUT2D eigenvalue weighted by molar-refractivity contribution is 5.68. The van der Waals surface area contributed by atoms with Crippen LogP contribution in [0.2, 0.25) is 0 Å². The molecule has 0 bridgehead atoms. The Hall–Kier alpha value is -1.30. The van der Waals surface area contributed by atoms with E-state index in [9.17, 15) is 0 Å². The van der Waals surface area contributed by atoms with Gasteiger partial charge in [-0.05, 0) is 36.1 Å². The lowest BCUT2D eigenvalue weighted by atomic mass is 9.97. The summed E-state index contributed by atoms with van der Waals surface area (Å²) < 4.78 is 0. The minimum Gasteiger partial charge on any atom is -0.0984 e. The van der Waals surface area contributed by atoms with E-state index in [1.807, 2.05) is 67.5 Å². The zero-order valence-corrected chi connectivity index (χ0v) is 15.7. The molecule has 20 heavy (non-hydrogen) atoms. The summed E-state index contributed by atoms with van der Waals surface area (Å²) in [5, 5.41) is 0. The predicted octanol–water partition coefficient (Wildman–Crippen LogP) is 7.69. The first-order valence-electron chi connectivity index (χ1n) is 8.05. The molecule has 1 aromatic carbocycles. The summed E-state index contributed by atoms with van der Waals surface area (Å²) in [6.07, 6.45) is 3.78. The fourth-order valence-electron chi connectivity index (χ4n) is 1.40. The molecule has 0 amide bonds. The van der Waals surface area contributed by atoms with Gasteiger partial charge in [-0.3, -0.25) is 0 Å². The van der Waals surface area contributed by atoms with Crippen LogP contribution in [0.15, 0.2) is 25.3 Å². The van der Waals surface area contributed by atoms with Crippen LogP contribution in [0.25, 0.3) is 12.2 Å². The smallest absolute Gasteiger partial charge is 0.0158 e. The molecular weight excluding hydrogens is 240 g/mol. The topological polar surface area (TPSA) is 0 Å². The molecule has 118 valence electrons. The molecule has 0 radical (unpaired) electrons. The van der Waals surface area contributed by atoms with Crippen LogP contribution in [-0.4, -0.2) is 0 Å². The van der Waals surface area contributed by atoms with Crippen LogP contribution in [0.5, 0.6) is 0 Å². The number of benzene rings is 1. The van der Waals surface area contributed by atoms with E-state index in [1.165, 1.54) is 22.3 Å². The Labute approximate surface area is 129 Å². The van der Waals surface area contributed by atoms with E-state index in [1.54, 1.807) is 0 Å². The molecule has 0 saturated heterocycles. The van der Waals surface area contributed by atoms with Crippen molar-refractivity contribution in [3.05, 3.63) is 47.5 Å². The maximum Gasteiger partial charge on any atom is -0.0158 e. The largest absolute Gasteiger partial charge is 0.0984 e. The second kappa shape index (κ2) is 22.8. The second-order valence-corrected chi connectivity index (χ2v) is 2.93. The summed E-state index contributed by atoms with van der Waals surface area (Å²) in [7, 11) is 0. The zero-order chi connectivity index (χ0) is 17.1. The number of hydrogen-bond donors (Lipinski definition) is 0. The van der Waals surface area contributed by atoms with Crippen molar-refractivity contribution in [1.29, 1.82) is 0 Å². The van der Waals surface area contributed by atoms with E-state index >= 15 is 0 Å². The van der Waals surface area contributed by atoms with Gasteiger partial charge in [0.15, 0.2) is 0 Å². The van der Waals surface area contributed by atoms with E-state index < -0.39 is 0 Å². The third-order valence-electron chi connectivity index (χ3n) is 2.13. The molecule has 1 aromatic rings. The highest BCUT2D eigenvalue weighted by atomic mass is 14.1. The molecule has 0 aromatic heterocycles. The van der Waals surface area contributed by atoms with Gasteiger partial charge in [0.2, 0.25) is 0 Å². The summed E-state index contributed by atoms with van der Waals surface area (Å²) in [6.45, 7) is 27.8. The van der Waals surface area contributed by atoms with Gasteiger partial charge in [-0.1, -0.05) is 92.8 Å². The van der Waals surface area contributed by atoms with Crippen LogP contribution >= 0.6 is 0 Å². The second-order valence-electron chi connectivity index (χ2n) is 2.93. The Balaban J connectivity index is -0.000000138. The summed E-state index contributed by atoms with van der Waals surface area (Å²) in [6, 6.07) is 4.22. The lowest BCUT2D eigenvalue weighted by Gasteiger charge is -2.07. The van der Waals surface area contributed by atoms with Crippen molar-refractivity contribution in [3.8, 4) is 0 Å². The summed E-state index contributed by atoms with van der Waals surface area (Å²) >= 11 is 0. The zero-order valence-electron chi connectivity index (χ0n) is 15.7. The average Bonchev–Trinajstić information content (AvgIpc) is 2.56. The van der Waals surface area contributed by atoms with E-state index in [0.717, 1.165) is 0 Å². The van der Waals surface area contributed by atoms with Crippen molar-refractivity contribution < 1.29 is 0 Å². The first kappa shape index (κ1) is 27.1. The van der Waals surface area contributed by atoms with Gasteiger partial charge in [0.1, 0.15) is 0 Å². The molecule has 0 unspecified atom stereocenters. The summed E-state index contributed by atoms with van der Waals surface area (Å²) in [5.74, 6) is 0. The highest BCUT2D eigenvalue weighted by Gasteiger charge is 2.01. The predicted molar refractivity (Wildman–Crippen MR) is 101 cm³/mol. The molecule has 0 fully saturated rings. The van der Waals surface area contributed by atoms with Gasteiger partial charge in [0.25, 0.3) is 0 Å². The molecule has 0 aliphatic heterocycles. The maximum atomic E-state index is 3.79. The third-order valence-corrected chi connectivity index (χ3v) is 2.13. The van der Waals surface area contributed by atoms with Crippen molar-refractivity contribution in [3.63, 3.8) is 0 Å². The van der Waals surface area contributed by atoms with Gasteiger partial charge in [0, 0.05) is 0 Å². The average molecular weight is 279 g/mol. The molecule has 0 heterocycles. The van der Waals surface area contributed by atoms with Crippen molar-refractivity contribution >= 4 is 12.2 Å². The third kappa shape index (κ3) is 10.6. The number of hydrogen-bond acceptors (Lipinski definition) is 0. The minimum atomic E-state index is 1.20. The van der Waals surface area contributed by atoms with Crippen LogP contribution in [0.3, 0.4) is 0 Å². The fraction of sp³-hybridized carbons (Fsp3) is 0.500. The minimum absolute atomic E-state index is 1.20. The van der Waals surface area contributed by atoms with Crippen molar-refractivity contribution in [1.82, 2.24) is 0 Å². The summed E-state index contributed by atoms with van der Waals surface area (Å²) in [4.78, 5) is 0. The van der Waals surface area contributed by atoms with Crippen LogP contribution in [0, 0.1) is 13.8 Å². The van der Waals surface area contributed by atoms with Crippen molar-refractivity contribution in [2.45, 2.75) is 69.2 Å². The van der Waals surface area contributed by atoms with Crippen LogP contribution in [-0.2, 0) is 0 Å². The molecule has 0 aliphatic carbocycles. The van der Waals surface area contributed by atoms with E-state index in [0.29, 0.717) is 0 Å². The van der Waals surface area contributed by atoms with Crippen molar-refractivity contribution in [2.24, 2.45) is 0 Å². The Morgan fingerprint density at radius 1 is 0.600 bits per heavy atom. The molecule has 0 atom stereocenters. The van der Waals surface area contributed by atoms with Crippen LogP contribution in [0.4, 0.5) is 0 Å². The monoisotopic (exact) mass is 278 g/mol. The fourth-order valence-corrected chi connectivity index (χ4v) is 1.40. The van der Waals surface area contributed by atoms with Gasteiger partial charge >= 0.3 is 0 Å².